The minimum absolute atomic E-state index is 0.0942. The first-order chi connectivity index (χ1) is 7.49. The van der Waals surface area contributed by atoms with E-state index in [4.69, 9.17) is 5.26 Å². The van der Waals surface area contributed by atoms with Crippen LogP contribution in [0.15, 0.2) is 6.20 Å². The maximum Gasteiger partial charge on any atom is 0.286 e. The van der Waals surface area contributed by atoms with Crippen LogP contribution in [-0.2, 0) is 6.42 Å². The number of rotatable bonds is 3. The van der Waals surface area contributed by atoms with Gasteiger partial charge in [0.2, 0.25) is 0 Å². The van der Waals surface area contributed by atoms with Gasteiger partial charge in [-0.15, -0.1) is 0 Å². The summed E-state index contributed by atoms with van der Waals surface area (Å²) in [6, 6.07) is 1.67. The normalized spacial score (nSPS) is 10.2. The van der Waals surface area contributed by atoms with E-state index in [0.717, 1.165) is 6.20 Å². The third-order valence-corrected chi connectivity index (χ3v) is 2.65. The molecule has 5 nitrogen and oxygen atoms in total. The molecule has 0 bridgehead atoms. The highest BCUT2D eigenvalue weighted by molar-refractivity contribution is 14.1. The second kappa shape index (κ2) is 5.11. The van der Waals surface area contributed by atoms with Gasteiger partial charge in [-0.2, -0.15) is 5.26 Å². The first-order valence-electron chi connectivity index (χ1n) is 3.95. The smallest absolute Gasteiger partial charge is 0.258 e. The van der Waals surface area contributed by atoms with Gasteiger partial charge >= 0.3 is 0 Å². The standard InChI is InChI=1S/C8H4F2IN3O2/c9-7(10)5-6(14(15)16)4(1-2-12)3-13-8(5)11/h3,7H,1H2. The van der Waals surface area contributed by atoms with Crippen LogP contribution >= 0.6 is 22.6 Å². The molecular formula is C8H4F2IN3O2. The van der Waals surface area contributed by atoms with Crippen molar-refractivity contribution in [2.45, 2.75) is 12.8 Å². The zero-order valence-electron chi connectivity index (χ0n) is 7.65. The molecule has 8 heteroatoms. The summed E-state index contributed by atoms with van der Waals surface area (Å²) in [5, 5.41) is 19.1. The number of halogens is 3. The number of nitriles is 1. The summed E-state index contributed by atoms with van der Waals surface area (Å²) in [7, 11) is 0. The Hall–Kier alpha value is -1.37. The molecule has 0 fully saturated rings. The maximum atomic E-state index is 12.6. The SMILES string of the molecule is N#CCc1cnc(I)c(C(F)F)c1[N+](=O)[O-]. The van der Waals surface area contributed by atoms with Gasteiger partial charge in [-0.25, -0.2) is 13.8 Å². The summed E-state index contributed by atoms with van der Waals surface area (Å²) in [6.07, 6.45) is -2.23. The maximum absolute atomic E-state index is 12.6. The van der Waals surface area contributed by atoms with Gasteiger partial charge in [-0.05, 0) is 22.6 Å². The third kappa shape index (κ3) is 2.41. The average molecular weight is 339 g/mol. The quantitative estimate of drug-likeness (QED) is 0.367. The fraction of sp³-hybridized carbons (Fsp3) is 0.250. The minimum Gasteiger partial charge on any atom is -0.258 e. The Kier molecular flexibility index (Phi) is 4.05. The van der Waals surface area contributed by atoms with E-state index in [1.165, 1.54) is 22.6 Å². The van der Waals surface area contributed by atoms with Crippen molar-refractivity contribution in [3.05, 3.63) is 31.1 Å². The van der Waals surface area contributed by atoms with Crippen LogP contribution in [0, 0.1) is 25.1 Å². The van der Waals surface area contributed by atoms with E-state index in [2.05, 4.69) is 4.98 Å². The van der Waals surface area contributed by atoms with Gasteiger partial charge in [0, 0.05) is 6.20 Å². The molecule has 1 aromatic heterocycles. The molecule has 0 N–H and O–H groups in total. The van der Waals surface area contributed by atoms with Gasteiger partial charge in [-0.3, -0.25) is 10.1 Å². The predicted molar refractivity (Wildman–Crippen MR) is 57.9 cm³/mol. The number of hydrogen-bond donors (Lipinski definition) is 0. The fourth-order valence-electron chi connectivity index (χ4n) is 1.16. The lowest BCUT2D eigenvalue weighted by molar-refractivity contribution is -0.387. The molecule has 0 aromatic carbocycles. The zero-order chi connectivity index (χ0) is 12.3. The molecule has 1 heterocycles. The molecule has 1 aromatic rings. The molecule has 84 valence electrons. The van der Waals surface area contributed by atoms with Crippen molar-refractivity contribution < 1.29 is 13.7 Å². The first kappa shape index (κ1) is 12.7. The second-order valence-corrected chi connectivity index (χ2v) is 3.75. The Balaban J connectivity index is 3.51. The van der Waals surface area contributed by atoms with E-state index in [1.807, 2.05) is 0 Å². The van der Waals surface area contributed by atoms with Crippen molar-refractivity contribution in [1.82, 2.24) is 4.98 Å². The topological polar surface area (TPSA) is 79.8 Å². The van der Waals surface area contributed by atoms with Gasteiger partial charge in [0.15, 0.2) is 0 Å². The highest BCUT2D eigenvalue weighted by Gasteiger charge is 2.29. The van der Waals surface area contributed by atoms with Crippen molar-refractivity contribution in [1.29, 1.82) is 5.26 Å². The van der Waals surface area contributed by atoms with Gasteiger partial charge in [-0.1, -0.05) is 0 Å². The number of hydrogen-bond acceptors (Lipinski definition) is 4. The Morgan fingerprint density at radius 3 is 2.75 bits per heavy atom. The summed E-state index contributed by atoms with van der Waals surface area (Å²) < 4.78 is 25.1. The van der Waals surface area contributed by atoms with Crippen LogP contribution in [0.5, 0.6) is 0 Å². The van der Waals surface area contributed by atoms with E-state index >= 15 is 0 Å². The van der Waals surface area contributed by atoms with Gasteiger partial charge < -0.3 is 0 Å². The molecule has 0 aliphatic rings. The largest absolute Gasteiger partial charge is 0.286 e. The molecule has 0 spiro atoms. The van der Waals surface area contributed by atoms with Gasteiger partial charge in [0.1, 0.15) is 9.26 Å². The molecule has 0 aliphatic heterocycles. The van der Waals surface area contributed by atoms with Crippen molar-refractivity contribution in [3.63, 3.8) is 0 Å². The number of alkyl halides is 2. The van der Waals surface area contributed by atoms with Crippen LogP contribution in [0.4, 0.5) is 14.5 Å². The molecule has 0 radical (unpaired) electrons. The lowest BCUT2D eigenvalue weighted by Gasteiger charge is -2.06. The number of aromatic nitrogens is 1. The number of pyridine rings is 1. The zero-order valence-corrected chi connectivity index (χ0v) is 9.81. The summed E-state index contributed by atoms with van der Waals surface area (Å²) >= 11 is 1.50. The van der Waals surface area contributed by atoms with E-state index in [9.17, 15) is 18.9 Å². The van der Waals surface area contributed by atoms with E-state index in [0.29, 0.717) is 0 Å². The third-order valence-electron chi connectivity index (χ3n) is 1.79. The van der Waals surface area contributed by atoms with E-state index < -0.39 is 22.6 Å². The average Bonchev–Trinajstić information content (AvgIpc) is 2.19. The van der Waals surface area contributed by atoms with Crippen LogP contribution in [0.2, 0.25) is 0 Å². The monoisotopic (exact) mass is 339 g/mol. The van der Waals surface area contributed by atoms with Crippen molar-refractivity contribution >= 4 is 28.3 Å². The van der Waals surface area contributed by atoms with Gasteiger partial charge in [0.05, 0.1) is 23.0 Å². The highest BCUT2D eigenvalue weighted by Crippen LogP contribution is 2.34. The molecule has 1 rings (SSSR count). The van der Waals surface area contributed by atoms with Crippen molar-refractivity contribution in [3.8, 4) is 6.07 Å². The summed E-state index contributed by atoms with van der Waals surface area (Å²) in [6.45, 7) is 0. The first-order valence-corrected chi connectivity index (χ1v) is 5.03. The Bertz CT molecular complexity index is 473. The molecule has 0 atom stereocenters. The molecular weight excluding hydrogens is 335 g/mol. The molecule has 0 amide bonds. The Morgan fingerprint density at radius 1 is 1.69 bits per heavy atom. The van der Waals surface area contributed by atoms with Crippen LogP contribution in [0.3, 0.4) is 0 Å². The fourth-order valence-corrected chi connectivity index (χ4v) is 1.79. The summed E-state index contributed by atoms with van der Waals surface area (Å²) in [5.74, 6) is 0. The number of nitrogens with zero attached hydrogens (tertiary/aromatic N) is 3. The molecule has 0 unspecified atom stereocenters. The van der Waals surface area contributed by atoms with E-state index in [1.54, 1.807) is 6.07 Å². The highest BCUT2D eigenvalue weighted by atomic mass is 127. The van der Waals surface area contributed by atoms with Gasteiger partial charge in [0.25, 0.3) is 12.1 Å². The molecule has 0 saturated heterocycles. The van der Waals surface area contributed by atoms with Crippen molar-refractivity contribution in [2.24, 2.45) is 0 Å². The summed E-state index contributed by atoms with van der Waals surface area (Å²) in [4.78, 5) is 13.4. The Morgan fingerprint density at radius 2 is 2.31 bits per heavy atom. The number of nitro groups is 1. The predicted octanol–water partition coefficient (Wildman–Crippen LogP) is 2.60. The Labute approximate surface area is 102 Å². The lowest BCUT2D eigenvalue weighted by atomic mass is 10.1. The molecule has 0 aliphatic carbocycles. The van der Waals surface area contributed by atoms with Crippen LogP contribution in [0.25, 0.3) is 0 Å². The molecule has 16 heavy (non-hydrogen) atoms. The van der Waals surface area contributed by atoms with E-state index in [-0.39, 0.29) is 15.7 Å². The minimum atomic E-state index is -2.99. The van der Waals surface area contributed by atoms with Crippen molar-refractivity contribution in [2.75, 3.05) is 0 Å². The lowest BCUT2D eigenvalue weighted by Crippen LogP contribution is -2.05. The van der Waals surface area contributed by atoms with Crippen LogP contribution in [0.1, 0.15) is 17.6 Å². The summed E-state index contributed by atoms with van der Waals surface area (Å²) in [5.41, 5.74) is -1.53. The van der Waals surface area contributed by atoms with Crippen LogP contribution in [-0.4, -0.2) is 9.91 Å². The van der Waals surface area contributed by atoms with Crippen LogP contribution < -0.4 is 0 Å². The second-order valence-electron chi connectivity index (χ2n) is 2.73. The molecule has 0 saturated carbocycles.